The van der Waals surface area contributed by atoms with Gasteiger partial charge in [-0.25, -0.2) is 4.79 Å². The van der Waals surface area contributed by atoms with Gasteiger partial charge >= 0.3 is 5.97 Å². The maximum Gasteiger partial charge on any atom is 0.326 e. The van der Waals surface area contributed by atoms with Gasteiger partial charge in [0.15, 0.2) is 11.5 Å². The Morgan fingerprint density at radius 2 is 1.52 bits per heavy atom. The van der Waals surface area contributed by atoms with Gasteiger partial charge in [0.25, 0.3) is 5.91 Å². The number of nitrogens with two attached hydrogens (primary N) is 1. The van der Waals surface area contributed by atoms with Crippen molar-refractivity contribution in [3.63, 3.8) is 0 Å². The number of hydrogen-bond donors (Lipinski definition) is 2. The summed E-state index contributed by atoms with van der Waals surface area (Å²) in [4.78, 5) is 38.9. The fourth-order valence-corrected chi connectivity index (χ4v) is 4.38. The van der Waals surface area contributed by atoms with Crippen LogP contribution in [-0.2, 0) is 16.1 Å². The first-order chi connectivity index (χ1) is 19.2. The van der Waals surface area contributed by atoms with Crippen LogP contribution in [0.1, 0.15) is 35.7 Å². The minimum absolute atomic E-state index is 0.111. The molecule has 0 aliphatic carbocycles. The first-order valence-corrected chi connectivity index (χ1v) is 12.7. The number of para-hydroxylation sites is 1. The van der Waals surface area contributed by atoms with Crippen molar-refractivity contribution < 1.29 is 38.4 Å². The van der Waals surface area contributed by atoms with Crippen LogP contribution >= 0.6 is 0 Å². The topological polar surface area (TPSA) is 138 Å². The molecule has 10 heteroatoms. The van der Waals surface area contributed by atoms with Crippen LogP contribution in [0.2, 0.25) is 0 Å². The maximum absolute atomic E-state index is 13.8. The zero-order chi connectivity index (χ0) is 29.2. The maximum atomic E-state index is 13.8. The molecule has 10 nitrogen and oxygen atoms in total. The highest BCUT2D eigenvalue weighted by Crippen LogP contribution is 2.39. The van der Waals surface area contributed by atoms with Gasteiger partial charge in [0.05, 0.1) is 27.9 Å². The molecule has 3 rings (SSSR count). The number of carboxylic acids is 1. The molecule has 0 saturated carbocycles. The molecule has 3 N–H and O–H groups in total. The van der Waals surface area contributed by atoms with E-state index in [4.69, 9.17) is 24.7 Å². The molecule has 2 amide bonds. The number of primary amides is 1. The van der Waals surface area contributed by atoms with Gasteiger partial charge < -0.3 is 34.7 Å². The molecule has 0 bridgehead atoms. The van der Waals surface area contributed by atoms with E-state index in [1.165, 1.54) is 26.2 Å². The predicted octanol–water partition coefficient (Wildman–Crippen LogP) is 4.14. The molecule has 0 spiro atoms. The zero-order valence-electron chi connectivity index (χ0n) is 23.0. The molecular formula is C30H34N2O8. The molecule has 212 valence electrons. The molecule has 0 fully saturated rings. The lowest BCUT2D eigenvalue weighted by molar-refractivity contribution is -0.143. The number of aliphatic carboxylic acids is 1. The molecule has 0 heterocycles. The molecule has 0 aliphatic heterocycles. The Labute approximate surface area is 233 Å². The molecule has 3 aromatic carbocycles. The molecule has 1 atom stereocenters. The molecule has 3 aromatic rings. The van der Waals surface area contributed by atoms with Crippen molar-refractivity contribution in [2.45, 2.75) is 32.4 Å². The Hall–Kier alpha value is -4.73. The van der Waals surface area contributed by atoms with Crippen LogP contribution in [0.25, 0.3) is 11.1 Å². The summed E-state index contributed by atoms with van der Waals surface area (Å²) in [5.41, 5.74) is 7.81. The van der Waals surface area contributed by atoms with Crippen molar-refractivity contribution in [2.24, 2.45) is 5.73 Å². The summed E-state index contributed by atoms with van der Waals surface area (Å²) < 4.78 is 21.9. The molecule has 0 aromatic heterocycles. The normalized spacial score (nSPS) is 11.3. The molecule has 0 aliphatic rings. The summed E-state index contributed by atoms with van der Waals surface area (Å²) in [6.45, 7) is 2.30. The van der Waals surface area contributed by atoms with Crippen molar-refractivity contribution >= 4 is 17.8 Å². The van der Waals surface area contributed by atoms with Crippen LogP contribution in [0.5, 0.6) is 23.0 Å². The summed E-state index contributed by atoms with van der Waals surface area (Å²) in [7, 11) is 4.39. The standard InChI is InChI=1S/C30H34N2O8/c1-5-40-24-9-7-6-8-22(24)20-10-12-21(13-11-20)29(34)32(23(30(35)36)14-15-27(31)33)18-19-16-25(37-2)28(39-4)26(17-19)38-3/h6-13,16-17,23H,5,14-15,18H2,1-4H3,(H2,31,33)(H,35,36)/t23-/m0/s1. The first kappa shape index (κ1) is 29.8. The number of amides is 2. The Morgan fingerprint density at radius 1 is 0.900 bits per heavy atom. The minimum Gasteiger partial charge on any atom is -0.493 e. The number of carbonyl (C=O) groups excluding carboxylic acids is 2. The number of ether oxygens (including phenoxy) is 4. The molecular weight excluding hydrogens is 516 g/mol. The van der Waals surface area contributed by atoms with E-state index in [-0.39, 0.29) is 24.9 Å². The lowest BCUT2D eigenvalue weighted by Gasteiger charge is -2.29. The first-order valence-electron chi connectivity index (χ1n) is 12.7. The van der Waals surface area contributed by atoms with E-state index in [0.29, 0.717) is 35.2 Å². The highest BCUT2D eigenvalue weighted by Gasteiger charge is 2.31. The Morgan fingerprint density at radius 3 is 2.05 bits per heavy atom. The predicted molar refractivity (Wildman–Crippen MR) is 149 cm³/mol. The minimum atomic E-state index is -1.32. The van der Waals surface area contributed by atoms with Crippen LogP contribution in [0.15, 0.2) is 60.7 Å². The molecule has 0 radical (unpaired) electrons. The van der Waals surface area contributed by atoms with Crippen LogP contribution < -0.4 is 24.7 Å². The van der Waals surface area contributed by atoms with Crippen molar-refractivity contribution in [3.05, 3.63) is 71.8 Å². The van der Waals surface area contributed by atoms with Crippen molar-refractivity contribution in [1.29, 1.82) is 0 Å². The fourth-order valence-electron chi connectivity index (χ4n) is 4.38. The van der Waals surface area contributed by atoms with E-state index in [0.717, 1.165) is 11.1 Å². The van der Waals surface area contributed by atoms with Gasteiger partial charge in [0.1, 0.15) is 11.8 Å². The monoisotopic (exact) mass is 550 g/mol. The van der Waals surface area contributed by atoms with Gasteiger partial charge in [-0.2, -0.15) is 0 Å². The smallest absolute Gasteiger partial charge is 0.326 e. The van der Waals surface area contributed by atoms with E-state index in [9.17, 15) is 19.5 Å². The Balaban J connectivity index is 2.02. The highest BCUT2D eigenvalue weighted by atomic mass is 16.5. The van der Waals surface area contributed by atoms with Crippen LogP contribution in [0.3, 0.4) is 0 Å². The van der Waals surface area contributed by atoms with Gasteiger partial charge in [-0.3, -0.25) is 9.59 Å². The van der Waals surface area contributed by atoms with Gasteiger partial charge in [-0.05, 0) is 54.8 Å². The lowest BCUT2D eigenvalue weighted by atomic mass is 10.0. The van der Waals surface area contributed by atoms with E-state index < -0.39 is 23.8 Å². The quantitative estimate of drug-likeness (QED) is 0.306. The third-order valence-electron chi connectivity index (χ3n) is 6.29. The Bertz CT molecular complexity index is 1310. The fraction of sp³-hybridized carbons (Fsp3) is 0.300. The third kappa shape index (κ3) is 7.02. The van der Waals surface area contributed by atoms with E-state index in [2.05, 4.69) is 0 Å². The van der Waals surface area contributed by atoms with Gasteiger partial charge in [-0.1, -0.05) is 30.3 Å². The number of rotatable bonds is 14. The number of nitrogens with zero attached hydrogens (tertiary/aromatic N) is 1. The number of carbonyl (C=O) groups is 3. The second-order valence-corrected chi connectivity index (χ2v) is 8.83. The molecule has 0 saturated heterocycles. The van der Waals surface area contributed by atoms with Crippen LogP contribution in [0, 0.1) is 0 Å². The van der Waals surface area contributed by atoms with E-state index in [1.54, 1.807) is 36.4 Å². The molecule has 40 heavy (non-hydrogen) atoms. The second kappa shape index (κ2) is 13.9. The summed E-state index contributed by atoms with van der Waals surface area (Å²) in [5, 5.41) is 10.1. The lowest BCUT2D eigenvalue weighted by Crippen LogP contribution is -2.45. The van der Waals surface area contributed by atoms with E-state index >= 15 is 0 Å². The van der Waals surface area contributed by atoms with Gasteiger partial charge in [0, 0.05) is 24.1 Å². The third-order valence-corrected chi connectivity index (χ3v) is 6.29. The largest absolute Gasteiger partial charge is 0.493 e. The number of benzene rings is 3. The summed E-state index contributed by atoms with van der Waals surface area (Å²) in [6, 6.07) is 16.4. The second-order valence-electron chi connectivity index (χ2n) is 8.83. The summed E-state index contributed by atoms with van der Waals surface area (Å²) >= 11 is 0. The number of carboxylic acid groups (broad SMARTS) is 1. The summed E-state index contributed by atoms with van der Waals surface area (Å²) in [5.74, 6) is -0.678. The van der Waals surface area contributed by atoms with Crippen molar-refractivity contribution in [2.75, 3.05) is 27.9 Å². The van der Waals surface area contributed by atoms with Gasteiger partial charge in [0.2, 0.25) is 11.7 Å². The van der Waals surface area contributed by atoms with E-state index in [1.807, 2.05) is 31.2 Å². The zero-order valence-corrected chi connectivity index (χ0v) is 23.0. The highest BCUT2D eigenvalue weighted by molar-refractivity contribution is 5.97. The van der Waals surface area contributed by atoms with Crippen molar-refractivity contribution in [3.8, 4) is 34.1 Å². The van der Waals surface area contributed by atoms with Crippen LogP contribution in [-0.4, -0.2) is 61.8 Å². The average molecular weight is 551 g/mol. The number of hydrogen-bond acceptors (Lipinski definition) is 7. The number of methoxy groups -OCH3 is 3. The average Bonchev–Trinajstić information content (AvgIpc) is 2.96. The SMILES string of the molecule is CCOc1ccccc1-c1ccc(C(=O)N(Cc2cc(OC)c(OC)c(OC)c2)[C@@H](CCC(N)=O)C(=O)O)cc1. The molecule has 0 unspecified atom stereocenters. The summed E-state index contributed by atoms with van der Waals surface area (Å²) in [6.07, 6.45) is -0.357. The van der Waals surface area contributed by atoms with Crippen LogP contribution in [0.4, 0.5) is 0 Å². The van der Waals surface area contributed by atoms with Crippen molar-refractivity contribution in [1.82, 2.24) is 4.90 Å². The Kier molecular flexibility index (Phi) is 10.4. The van der Waals surface area contributed by atoms with Gasteiger partial charge in [-0.15, -0.1) is 0 Å².